The number of ether oxygens (including phenoxy) is 2. The molecule has 2 aliphatic heterocycles. The first-order chi connectivity index (χ1) is 18.7. The largest absolute Gasteiger partial charge is 0.493 e. The Morgan fingerprint density at radius 2 is 1.42 bits per heavy atom. The lowest BCUT2D eigenvalue weighted by molar-refractivity contribution is 0.0696. The van der Waals surface area contributed by atoms with E-state index >= 15 is 0 Å². The zero-order valence-electron chi connectivity index (χ0n) is 23.6. The third kappa shape index (κ3) is 4.96. The van der Waals surface area contributed by atoms with Gasteiger partial charge in [0.05, 0.1) is 14.2 Å². The molecule has 0 spiro atoms. The molecule has 0 unspecified atom stereocenters. The van der Waals surface area contributed by atoms with Gasteiger partial charge in [-0.15, -0.1) is 0 Å². The number of rotatable bonds is 7. The van der Waals surface area contributed by atoms with Crippen LogP contribution in [0.4, 0.5) is 0 Å². The van der Waals surface area contributed by atoms with Crippen molar-refractivity contribution in [2.24, 2.45) is 0 Å². The quantitative estimate of drug-likeness (QED) is 0.368. The van der Waals surface area contributed by atoms with Crippen molar-refractivity contribution < 1.29 is 9.47 Å². The summed E-state index contributed by atoms with van der Waals surface area (Å²) >= 11 is 0. The van der Waals surface area contributed by atoms with Gasteiger partial charge in [-0.2, -0.15) is 0 Å². The molecule has 0 radical (unpaired) electrons. The Balaban J connectivity index is 1.14. The number of fused-ring (bicyclic) bond motifs is 1. The van der Waals surface area contributed by atoms with E-state index in [1.807, 2.05) is 6.07 Å². The third-order valence-electron chi connectivity index (χ3n) is 9.81. The summed E-state index contributed by atoms with van der Waals surface area (Å²) in [5.74, 6) is 2.19. The Hall–Kier alpha value is -2.50. The highest BCUT2D eigenvalue weighted by atomic mass is 16.5. The molecule has 38 heavy (non-hydrogen) atoms. The van der Waals surface area contributed by atoms with Crippen LogP contribution in [0, 0.1) is 0 Å². The fourth-order valence-electron chi connectivity index (χ4n) is 7.61. The van der Waals surface area contributed by atoms with Crippen LogP contribution in [0.3, 0.4) is 0 Å². The molecule has 3 aliphatic rings. The van der Waals surface area contributed by atoms with Gasteiger partial charge in [-0.25, -0.2) is 0 Å². The van der Waals surface area contributed by atoms with Crippen LogP contribution in [-0.2, 0) is 6.42 Å². The number of likely N-dealkylation sites (tertiary alicyclic amines) is 2. The monoisotopic (exact) mass is 515 g/mol. The topological polar surface area (TPSA) is 40.7 Å². The number of piperidine rings is 2. The van der Waals surface area contributed by atoms with Crippen molar-refractivity contribution in [3.8, 4) is 22.8 Å². The smallest absolute Gasteiger partial charge is 0.161 e. The minimum Gasteiger partial charge on any atom is -0.493 e. The second-order valence-electron chi connectivity index (χ2n) is 11.7. The number of aryl methyl sites for hydroxylation is 1. The van der Waals surface area contributed by atoms with E-state index in [9.17, 15) is 0 Å². The number of nitrogens with zero attached hydrogens (tertiary/aromatic N) is 2. The SMILES string of the molecule is CCc1c(-c2ccc(OC)c(OC)c2)[nH]c2ccc(C3CCN(C4CCN(C5CCCC5)CC4)CC3)cc12. The van der Waals surface area contributed by atoms with Crippen LogP contribution >= 0.6 is 0 Å². The van der Waals surface area contributed by atoms with E-state index in [0.717, 1.165) is 35.6 Å². The molecule has 6 rings (SSSR count). The van der Waals surface area contributed by atoms with Gasteiger partial charge in [-0.3, -0.25) is 0 Å². The maximum absolute atomic E-state index is 5.58. The maximum Gasteiger partial charge on any atom is 0.161 e. The fraction of sp³-hybridized carbons (Fsp3) is 0.576. The normalized spacial score (nSPS) is 20.9. The first-order valence-electron chi connectivity index (χ1n) is 15.0. The summed E-state index contributed by atoms with van der Waals surface area (Å²) in [4.78, 5) is 9.35. The van der Waals surface area contributed by atoms with Gasteiger partial charge < -0.3 is 24.3 Å². The van der Waals surface area contributed by atoms with Crippen molar-refractivity contribution in [2.45, 2.75) is 82.7 Å². The number of benzene rings is 2. The highest BCUT2D eigenvalue weighted by Crippen LogP contribution is 2.38. The van der Waals surface area contributed by atoms with Gasteiger partial charge in [0.1, 0.15) is 0 Å². The molecule has 3 heterocycles. The molecule has 3 fully saturated rings. The summed E-state index contributed by atoms with van der Waals surface area (Å²) in [6, 6.07) is 15.1. The number of hydrogen-bond acceptors (Lipinski definition) is 4. The Labute approximate surface area is 228 Å². The van der Waals surface area contributed by atoms with Gasteiger partial charge >= 0.3 is 0 Å². The van der Waals surface area contributed by atoms with Gasteiger partial charge in [0.25, 0.3) is 0 Å². The van der Waals surface area contributed by atoms with Crippen LogP contribution in [0.5, 0.6) is 11.5 Å². The average Bonchev–Trinajstić information content (AvgIpc) is 3.65. The Kier molecular flexibility index (Phi) is 7.67. The predicted octanol–water partition coefficient (Wildman–Crippen LogP) is 7.00. The predicted molar refractivity (Wildman–Crippen MR) is 157 cm³/mol. The molecule has 0 atom stereocenters. The summed E-state index contributed by atoms with van der Waals surface area (Å²) in [7, 11) is 3.38. The van der Waals surface area contributed by atoms with Gasteiger partial charge in [0.2, 0.25) is 0 Å². The molecule has 0 amide bonds. The number of nitrogens with one attached hydrogen (secondary N) is 1. The van der Waals surface area contributed by atoms with Crippen molar-refractivity contribution in [1.82, 2.24) is 14.8 Å². The zero-order valence-corrected chi connectivity index (χ0v) is 23.6. The minimum atomic E-state index is 0.665. The standard InChI is InChI=1S/C33H45N3O2/c1-4-28-29-21-24(9-11-30(29)34-33(28)25-10-12-31(37-2)32(22-25)38-3)23-13-17-35(18-14-23)27-15-19-36(20-16-27)26-7-5-6-8-26/h9-12,21-23,26-27,34H,4-8,13-20H2,1-3H3. The highest BCUT2D eigenvalue weighted by molar-refractivity contribution is 5.91. The van der Waals surface area contributed by atoms with Crippen molar-refractivity contribution in [1.29, 1.82) is 0 Å². The molecule has 1 saturated carbocycles. The number of aromatic amines is 1. The van der Waals surface area contributed by atoms with Crippen LogP contribution in [0.25, 0.3) is 22.2 Å². The van der Waals surface area contributed by atoms with Crippen LogP contribution in [0.2, 0.25) is 0 Å². The highest BCUT2D eigenvalue weighted by Gasteiger charge is 2.31. The molecule has 5 heteroatoms. The molecule has 3 aromatic rings. The number of hydrogen-bond donors (Lipinski definition) is 1. The lowest BCUT2D eigenvalue weighted by atomic mass is 9.87. The van der Waals surface area contributed by atoms with Crippen molar-refractivity contribution in [3.63, 3.8) is 0 Å². The number of H-pyrrole nitrogens is 1. The second kappa shape index (κ2) is 11.3. The average molecular weight is 516 g/mol. The van der Waals surface area contributed by atoms with Gasteiger partial charge in [-0.05, 0) is 119 Å². The first kappa shape index (κ1) is 25.8. The summed E-state index contributed by atoms with van der Waals surface area (Å²) in [5, 5.41) is 1.37. The molecule has 0 bridgehead atoms. The molecule has 1 aromatic heterocycles. The molecular formula is C33H45N3O2. The molecular weight excluding hydrogens is 470 g/mol. The van der Waals surface area contributed by atoms with E-state index in [2.05, 4.69) is 52.0 Å². The Bertz CT molecular complexity index is 1230. The lowest BCUT2D eigenvalue weighted by Gasteiger charge is -2.43. The van der Waals surface area contributed by atoms with E-state index in [1.54, 1.807) is 14.2 Å². The van der Waals surface area contributed by atoms with Crippen LogP contribution < -0.4 is 9.47 Å². The van der Waals surface area contributed by atoms with Crippen LogP contribution in [-0.4, -0.2) is 67.3 Å². The molecule has 204 valence electrons. The number of aromatic nitrogens is 1. The second-order valence-corrected chi connectivity index (χ2v) is 11.7. The van der Waals surface area contributed by atoms with Gasteiger partial charge in [-0.1, -0.05) is 25.8 Å². The Morgan fingerprint density at radius 1 is 0.763 bits per heavy atom. The summed E-state index contributed by atoms with van der Waals surface area (Å²) in [6.07, 6.45) is 12.1. The third-order valence-corrected chi connectivity index (χ3v) is 9.81. The van der Waals surface area contributed by atoms with Crippen LogP contribution in [0.1, 0.15) is 75.3 Å². The number of methoxy groups -OCH3 is 2. The first-order valence-corrected chi connectivity index (χ1v) is 15.0. The Morgan fingerprint density at radius 3 is 2.08 bits per heavy atom. The van der Waals surface area contributed by atoms with E-state index in [1.165, 1.54) is 105 Å². The fourth-order valence-corrected chi connectivity index (χ4v) is 7.61. The summed E-state index contributed by atoms with van der Waals surface area (Å²) < 4.78 is 11.0. The van der Waals surface area contributed by atoms with Crippen molar-refractivity contribution in [2.75, 3.05) is 40.4 Å². The van der Waals surface area contributed by atoms with Gasteiger partial charge in [0.15, 0.2) is 11.5 Å². The summed E-state index contributed by atoms with van der Waals surface area (Å²) in [6.45, 7) is 7.40. The van der Waals surface area contributed by atoms with Gasteiger partial charge in [0, 0.05) is 34.2 Å². The van der Waals surface area contributed by atoms with Crippen LogP contribution in [0.15, 0.2) is 36.4 Å². The molecule has 1 N–H and O–H groups in total. The molecule has 1 aliphatic carbocycles. The molecule has 2 aromatic carbocycles. The molecule has 5 nitrogen and oxygen atoms in total. The minimum absolute atomic E-state index is 0.665. The van der Waals surface area contributed by atoms with E-state index in [4.69, 9.17) is 9.47 Å². The van der Waals surface area contributed by atoms with E-state index < -0.39 is 0 Å². The maximum atomic E-state index is 5.58. The van der Waals surface area contributed by atoms with E-state index in [0.29, 0.717) is 5.92 Å². The lowest BCUT2D eigenvalue weighted by Crippen LogP contribution is -2.49. The van der Waals surface area contributed by atoms with Crippen molar-refractivity contribution >= 4 is 10.9 Å². The van der Waals surface area contributed by atoms with Crippen molar-refractivity contribution in [3.05, 3.63) is 47.5 Å². The summed E-state index contributed by atoms with van der Waals surface area (Å²) in [5.41, 5.74) is 6.46. The molecule has 2 saturated heterocycles. The zero-order chi connectivity index (χ0) is 26.1. The van der Waals surface area contributed by atoms with E-state index in [-0.39, 0.29) is 0 Å².